The first-order valence-corrected chi connectivity index (χ1v) is 5.98. The molecule has 0 atom stereocenters. The van der Waals surface area contributed by atoms with Crippen molar-refractivity contribution >= 4 is 6.29 Å². The molecule has 0 aliphatic carbocycles. The number of carbonyl (C=O) groups is 1. The first kappa shape index (κ1) is 13.2. The van der Waals surface area contributed by atoms with Crippen molar-refractivity contribution in [2.45, 2.75) is 26.5 Å². The second-order valence-electron chi connectivity index (χ2n) is 3.99. The number of nitrogens with zero attached hydrogens (tertiary/aromatic N) is 3. The van der Waals surface area contributed by atoms with Crippen molar-refractivity contribution in [2.75, 3.05) is 0 Å². The molecule has 0 bridgehead atoms. The molecule has 1 aromatic carbocycles. The number of hydrogen-bond donors (Lipinski definition) is 0. The SMILES string of the molecule is CCCn1ncnc1COc1ccc(F)cc1C=O. The summed E-state index contributed by atoms with van der Waals surface area (Å²) in [7, 11) is 0. The van der Waals surface area contributed by atoms with Crippen LogP contribution < -0.4 is 4.74 Å². The third-order valence-corrected chi connectivity index (χ3v) is 2.59. The van der Waals surface area contributed by atoms with Crippen molar-refractivity contribution in [3.63, 3.8) is 0 Å². The maximum Gasteiger partial charge on any atom is 0.164 e. The average molecular weight is 263 g/mol. The van der Waals surface area contributed by atoms with E-state index in [9.17, 15) is 9.18 Å². The predicted molar refractivity (Wildman–Crippen MR) is 66.4 cm³/mol. The summed E-state index contributed by atoms with van der Waals surface area (Å²) in [6, 6.07) is 3.82. The quantitative estimate of drug-likeness (QED) is 0.750. The molecule has 0 N–H and O–H groups in total. The third-order valence-electron chi connectivity index (χ3n) is 2.59. The normalized spacial score (nSPS) is 10.4. The number of aryl methyl sites for hydroxylation is 1. The van der Waals surface area contributed by atoms with Gasteiger partial charge in [0.1, 0.15) is 24.5 Å². The second-order valence-corrected chi connectivity index (χ2v) is 3.99. The molecule has 6 heteroatoms. The number of benzene rings is 1. The monoisotopic (exact) mass is 263 g/mol. The second kappa shape index (κ2) is 6.08. The van der Waals surface area contributed by atoms with Crippen LogP contribution in [0.1, 0.15) is 29.5 Å². The summed E-state index contributed by atoms with van der Waals surface area (Å²) in [5, 5.41) is 4.07. The first-order valence-electron chi connectivity index (χ1n) is 5.98. The maximum atomic E-state index is 13.0. The van der Waals surface area contributed by atoms with Gasteiger partial charge >= 0.3 is 0 Å². The van der Waals surface area contributed by atoms with Crippen LogP contribution in [0, 0.1) is 5.82 Å². The first-order chi connectivity index (χ1) is 9.24. The van der Waals surface area contributed by atoms with Crippen LogP contribution in [0.2, 0.25) is 0 Å². The highest BCUT2D eigenvalue weighted by molar-refractivity contribution is 5.79. The van der Waals surface area contributed by atoms with Gasteiger partial charge in [0.15, 0.2) is 12.1 Å². The molecule has 0 aliphatic heterocycles. The predicted octanol–water partition coefficient (Wildman–Crippen LogP) is 2.22. The van der Waals surface area contributed by atoms with E-state index >= 15 is 0 Å². The summed E-state index contributed by atoms with van der Waals surface area (Å²) in [6.45, 7) is 2.98. The molecule has 100 valence electrons. The number of aldehydes is 1. The van der Waals surface area contributed by atoms with Crippen molar-refractivity contribution in [3.05, 3.63) is 41.7 Å². The zero-order valence-corrected chi connectivity index (χ0v) is 10.5. The summed E-state index contributed by atoms with van der Waals surface area (Å²) in [4.78, 5) is 14.9. The van der Waals surface area contributed by atoms with E-state index in [0.29, 0.717) is 17.9 Å². The van der Waals surface area contributed by atoms with Gasteiger partial charge in [0.2, 0.25) is 0 Å². The van der Waals surface area contributed by atoms with Crippen LogP contribution in [-0.4, -0.2) is 21.1 Å². The zero-order valence-electron chi connectivity index (χ0n) is 10.5. The van der Waals surface area contributed by atoms with Gasteiger partial charge in [0, 0.05) is 6.54 Å². The Labute approximate surface area is 110 Å². The Hall–Kier alpha value is -2.24. The van der Waals surface area contributed by atoms with E-state index in [1.807, 2.05) is 6.92 Å². The third kappa shape index (κ3) is 3.15. The molecule has 1 aromatic heterocycles. The lowest BCUT2D eigenvalue weighted by atomic mass is 10.2. The fourth-order valence-electron chi connectivity index (χ4n) is 1.68. The largest absolute Gasteiger partial charge is 0.485 e. The Bertz CT molecular complexity index is 569. The number of ether oxygens (including phenoxy) is 1. The van der Waals surface area contributed by atoms with Crippen molar-refractivity contribution in [2.24, 2.45) is 0 Å². The highest BCUT2D eigenvalue weighted by Crippen LogP contribution is 2.18. The fraction of sp³-hybridized carbons (Fsp3) is 0.308. The van der Waals surface area contributed by atoms with Gasteiger partial charge in [0.25, 0.3) is 0 Å². The maximum absolute atomic E-state index is 13.0. The highest BCUT2D eigenvalue weighted by atomic mass is 19.1. The molecule has 2 rings (SSSR count). The van der Waals surface area contributed by atoms with Crippen LogP contribution in [0.15, 0.2) is 24.5 Å². The molecule has 19 heavy (non-hydrogen) atoms. The van der Waals surface area contributed by atoms with Crippen LogP contribution in [0.25, 0.3) is 0 Å². The lowest BCUT2D eigenvalue weighted by Gasteiger charge is -2.09. The van der Waals surface area contributed by atoms with Crippen LogP contribution >= 0.6 is 0 Å². The number of aromatic nitrogens is 3. The van der Waals surface area contributed by atoms with Crippen molar-refractivity contribution in [1.29, 1.82) is 0 Å². The zero-order chi connectivity index (χ0) is 13.7. The minimum absolute atomic E-state index is 0.182. The Morgan fingerprint density at radius 1 is 1.47 bits per heavy atom. The smallest absolute Gasteiger partial charge is 0.164 e. The summed E-state index contributed by atoms with van der Waals surface area (Å²) in [6.07, 6.45) is 2.96. The van der Waals surface area contributed by atoms with Crippen LogP contribution in [0.5, 0.6) is 5.75 Å². The number of rotatable bonds is 6. The van der Waals surface area contributed by atoms with Gasteiger partial charge in [0.05, 0.1) is 5.56 Å². The Kier molecular flexibility index (Phi) is 4.22. The highest BCUT2D eigenvalue weighted by Gasteiger charge is 2.08. The summed E-state index contributed by atoms with van der Waals surface area (Å²) in [5.74, 6) is 0.536. The summed E-state index contributed by atoms with van der Waals surface area (Å²) in [5.41, 5.74) is 0.182. The van der Waals surface area contributed by atoms with E-state index in [1.54, 1.807) is 4.68 Å². The molecule has 1 heterocycles. The Morgan fingerprint density at radius 2 is 2.32 bits per heavy atom. The minimum atomic E-state index is -0.469. The Morgan fingerprint density at radius 3 is 3.05 bits per heavy atom. The van der Waals surface area contributed by atoms with E-state index in [1.165, 1.54) is 18.5 Å². The van der Waals surface area contributed by atoms with Crippen LogP contribution in [-0.2, 0) is 13.2 Å². The Balaban J connectivity index is 2.10. The van der Waals surface area contributed by atoms with E-state index in [0.717, 1.165) is 19.0 Å². The van der Waals surface area contributed by atoms with Crippen molar-refractivity contribution < 1.29 is 13.9 Å². The van der Waals surface area contributed by atoms with Gasteiger partial charge < -0.3 is 4.74 Å². The minimum Gasteiger partial charge on any atom is -0.485 e. The molecule has 0 saturated carbocycles. The van der Waals surface area contributed by atoms with Crippen molar-refractivity contribution in [3.8, 4) is 5.75 Å². The molecule has 0 amide bonds. The molecule has 0 fully saturated rings. The molecule has 0 saturated heterocycles. The topological polar surface area (TPSA) is 57.0 Å². The average Bonchev–Trinajstić information content (AvgIpc) is 2.85. The molecular formula is C13H14FN3O2. The molecule has 0 radical (unpaired) electrons. The van der Waals surface area contributed by atoms with Crippen LogP contribution in [0.3, 0.4) is 0 Å². The lowest BCUT2D eigenvalue weighted by Crippen LogP contribution is -2.09. The van der Waals surface area contributed by atoms with Gasteiger partial charge in [-0.25, -0.2) is 14.1 Å². The number of halogens is 1. The molecule has 0 spiro atoms. The van der Waals surface area contributed by atoms with E-state index in [4.69, 9.17) is 4.74 Å². The van der Waals surface area contributed by atoms with E-state index < -0.39 is 5.82 Å². The van der Waals surface area contributed by atoms with E-state index in [-0.39, 0.29) is 12.2 Å². The van der Waals surface area contributed by atoms with Gasteiger partial charge in [-0.15, -0.1) is 0 Å². The van der Waals surface area contributed by atoms with Gasteiger partial charge in [-0.1, -0.05) is 6.92 Å². The number of hydrogen-bond acceptors (Lipinski definition) is 4. The summed E-state index contributed by atoms with van der Waals surface area (Å²) >= 11 is 0. The van der Waals surface area contributed by atoms with Crippen LogP contribution in [0.4, 0.5) is 4.39 Å². The van der Waals surface area contributed by atoms with Gasteiger partial charge in [-0.3, -0.25) is 4.79 Å². The number of carbonyl (C=O) groups excluding carboxylic acids is 1. The molecule has 0 unspecified atom stereocenters. The van der Waals surface area contributed by atoms with Gasteiger partial charge in [-0.2, -0.15) is 5.10 Å². The summed E-state index contributed by atoms with van der Waals surface area (Å²) < 4.78 is 20.2. The molecule has 2 aromatic rings. The molecular weight excluding hydrogens is 249 g/mol. The molecule has 5 nitrogen and oxygen atoms in total. The van der Waals surface area contributed by atoms with E-state index in [2.05, 4.69) is 10.1 Å². The van der Waals surface area contributed by atoms with Crippen molar-refractivity contribution in [1.82, 2.24) is 14.8 Å². The standard InChI is InChI=1S/C13H14FN3O2/c1-2-5-17-13(15-9-16-17)8-19-12-4-3-11(14)6-10(12)7-18/h3-4,6-7,9H,2,5,8H2,1H3. The van der Waals surface area contributed by atoms with Gasteiger partial charge in [-0.05, 0) is 24.6 Å². The molecule has 0 aliphatic rings. The fourth-order valence-corrected chi connectivity index (χ4v) is 1.68. The lowest BCUT2D eigenvalue weighted by molar-refractivity contribution is 0.111.